The van der Waals surface area contributed by atoms with Crippen LogP contribution in [0.1, 0.15) is 34.0 Å². The third-order valence-corrected chi connectivity index (χ3v) is 4.15. The van der Waals surface area contributed by atoms with E-state index in [2.05, 4.69) is 16.6 Å². The highest BCUT2D eigenvalue weighted by atomic mass is 16.5. The first kappa shape index (κ1) is 20.6. The van der Waals surface area contributed by atoms with Crippen LogP contribution in [-0.2, 0) is 6.61 Å². The van der Waals surface area contributed by atoms with Crippen molar-refractivity contribution in [2.24, 2.45) is 5.10 Å². The third kappa shape index (κ3) is 5.94. The predicted octanol–water partition coefficient (Wildman–Crippen LogP) is 4.30. The fourth-order valence-corrected chi connectivity index (χ4v) is 2.65. The molecule has 6 heteroatoms. The lowest BCUT2D eigenvalue weighted by Gasteiger charge is -2.07. The summed E-state index contributed by atoms with van der Waals surface area (Å²) in [5, 5.41) is 12.9. The summed E-state index contributed by atoms with van der Waals surface area (Å²) >= 11 is 0. The summed E-state index contributed by atoms with van der Waals surface area (Å²) in [5.74, 6) is 1.12. The Labute approximate surface area is 175 Å². The summed E-state index contributed by atoms with van der Waals surface area (Å²) < 4.78 is 11.1. The number of carbonyl (C=O) groups excluding carboxylic acids is 1. The fraction of sp³-hybridized carbons (Fsp3) is 0.125. The molecule has 150 valence electrons. The largest absolute Gasteiger partial charge is 0.494 e. The lowest BCUT2D eigenvalue weighted by atomic mass is 10.1. The van der Waals surface area contributed by atoms with E-state index in [1.807, 2.05) is 43.3 Å². The smallest absolute Gasteiger partial charge is 0.271 e. The lowest BCUT2D eigenvalue weighted by molar-refractivity contribution is 0.0955. The van der Waals surface area contributed by atoms with Crippen LogP contribution in [0.25, 0.3) is 0 Å². The fourth-order valence-electron chi connectivity index (χ4n) is 2.65. The Morgan fingerprint density at radius 2 is 1.73 bits per heavy atom. The number of rotatable bonds is 8. The van der Waals surface area contributed by atoms with Crippen LogP contribution >= 0.6 is 0 Å². The van der Waals surface area contributed by atoms with Crippen molar-refractivity contribution in [3.05, 3.63) is 95.1 Å². The Morgan fingerprint density at radius 1 is 1.03 bits per heavy atom. The third-order valence-electron chi connectivity index (χ3n) is 4.15. The second-order valence-electron chi connectivity index (χ2n) is 6.33. The average Bonchev–Trinajstić information content (AvgIpc) is 2.79. The molecule has 0 fully saturated rings. The molecule has 30 heavy (non-hydrogen) atoms. The molecule has 0 spiro atoms. The molecule has 0 unspecified atom stereocenters. The molecule has 0 bridgehead atoms. The van der Waals surface area contributed by atoms with Gasteiger partial charge in [-0.15, -0.1) is 0 Å². The molecule has 1 amide bonds. The Hall–Kier alpha value is -4.11. The number of hydrogen-bond acceptors (Lipinski definition) is 5. The van der Waals surface area contributed by atoms with Gasteiger partial charge in [0.15, 0.2) is 0 Å². The van der Waals surface area contributed by atoms with Crippen LogP contribution in [0, 0.1) is 11.3 Å². The topological polar surface area (TPSA) is 83.7 Å². The second kappa shape index (κ2) is 10.4. The van der Waals surface area contributed by atoms with Crippen molar-refractivity contribution in [1.82, 2.24) is 5.43 Å². The van der Waals surface area contributed by atoms with E-state index in [4.69, 9.17) is 14.7 Å². The Kier molecular flexibility index (Phi) is 7.17. The maximum Gasteiger partial charge on any atom is 0.271 e. The van der Waals surface area contributed by atoms with Gasteiger partial charge in [0.25, 0.3) is 5.91 Å². The number of benzene rings is 3. The van der Waals surface area contributed by atoms with Crippen LogP contribution in [0.4, 0.5) is 0 Å². The van der Waals surface area contributed by atoms with Gasteiger partial charge in [-0.25, -0.2) is 5.43 Å². The molecule has 0 saturated carbocycles. The Balaban J connectivity index is 1.50. The van der Waals surface area contributed by atoms with Gasteiger partial charge in [0.1, 0.15) is 18.1 Å². The van der Waals surface area contributed by atoms with Crippen LogP contribution in [-0.4, -0.2) is 18.7 Å². The first-order valence-electron chi connectivity index (χ1n) is 9.46. The zero-order valence-electron chi connectivity index (χ0n) is 16.5. The number of hydrogen-bond donors (Lipinski definition) is 1. The van der Waals surface area contributed by atoms with Crippen LogP contribution < -0.4 is 14.9 Å². The molecule has 1 N–H and O–H groups in total. The van der Waals surface area contributed by atoms with E-state index in [0.717, 1.165) is 16.9 Å². The summed E-state index contributed by atoms with van der Waals surface area (Å²) in [6, 6.07) is 23.6. The highest BCUT2D eigenvalue weighted by molar-refractivity contribution is 5.95. The average molecular weight is 399 g/mol. The number of nitriles is 1. The molecule has 3 rings (SSSR count). The molecule has 0 radical (unpaired) electrons. The molecule has 6 nitrogen and oxygen atoms in total. The van der Waals surface area contributed by atoms with Gasteiger partial charge in [-0.3, -0.25) is 4.79 Å². The van der Waals surface area contributed by atoms with E-state index in [-0.39, 0.29) is 5.91 Å². The van der Waals surface area contributed by atoms with Crippen molar-refractivity contribution >= 4 is 12.1 Å². The summed E-state index contributed by atoms with van der Waals surface area (Å²) in [6.45, 7) is 2.86. The van der Waals surface area contributed by atoms with E-state index in [0.29, 0.717) is 30.1 Å². The number of hydrazone groups is 1. The zero-order chi connectivity index (χ0) is 21.2. The minimum atomic E-state index is -0.297. The molecule has 3 aromatic rings. The number of nitrogens with zero attached hydrogens (tertiary/aromatic N) is 2. The molecule has 0 aromatic heterocycles. The first-order chi connectivity index (χ1) is 14.7. The quantitative estimate of drug-likeness (QED) is 0.452. The van der Waals surface area contributed by atoms with Gasteiger partial charge in [0.05, 0.1) is 24.5 Å². The van der Waals surface area contributed by atoms with Gasteiger partial charge in [0, 0.05) is 5.56 Å². The summed E-state index contributed by atoms with van der Waals surface area (Å²) in [4.78, 5) is 12.1. The maximum absolute atomic E-state index is 12.1. The molecule has 3 aromatic carbocycles. The van der Waals surface area contributed by atoms with Gasteiger partial charge in [0.2, 0.25) is 0 Å². The molecule has 0 aliphatic carbocycles. The standard InChI is InChI=1S/C24H21N3O3/c1-2-29-22-12-8-21(9-13-22)24(28)27-26-16-18-6-10-23(11-7-18)30-17-20-5-3-4-19(14-20)15-25/h3-14,16H,2,17H2,1H3,(H,27,28)/b26-16+. The Bertz CT molecular complexity index is 1050. The highest BCUT2D eigenvalue weighted by Crippen LogP contribution is 2.14. The lowest BCUT2D eigenvalue weighted by Crippen LogP contribution is -2.17. The molecule has 0 aliphatic rings. The van der Waals surface area contributed by atoms with E-state index in [1.54, 1.807) is 42.6 Å². The van der Waals surface area contributed by atoms with Crippen molar-refractivity contribution in [3.63, 3.8) is 0 Å². The van der Waals surface area contributed by atoms with Crippen molar-refractivity contribution < 1.29 is 14.3 Å². The van der Waals surface area contributed by atoms with E-state index in [9.17, 15) is 4.79 Å². The first-order valence-corrected chi connectivity index (χ1v) is 9.46. The normalized spacial score (nSPS) is 10.4. The van der Waals surface area contributed by atoms with Crippen LogP contribution in [0.5, 0.6) is 11.5 Å². The van der Waals surface area contributed by atoms with Crippen LogP contribution in [0.3, 0.4) is 0 Å². The SMILES string of the molecule is CCOc1ccc(C(=O)N/N=C/c2ccc(OCc3cccc(C#N)c3)cc2)cc1. The zero-order valence-corrected chi connectivity index (χ0v) is 16.5. The highest BCUT2D eigenvalue weighted by Gasteiger charge is 2.04. The molecule has 0 atom stereocenters. The summed E-state index contributed by atoms with van der Waals surface area (Å²) in [5.41, 5.74) is 5.36. The van der Waals surface area contributed by atoms with E-state index in [1.165, 1.54) is 0 Å². The molecule has 0 heterocycles. The van der Waals surface area contributed by atoms with Gasteiger partial charge in [-0.2, -0.15) is 10.4 Å². The summed E-state index contributed by atoms with van der Waals surface area (Å²) in [6.07, 6.45) is 1.56. The number of carbonyl (C=O) groups is 1. The van der Waals surface area contributed by atoms with Gasteiger partial charge >= 0.3 is 0 Å². The van der Waals surface area contributed by atoms with Crippen molar-refractivity contribution in [1.29, 1.82) is 5.26 Å². The molecular formula is C24H21N3O3. The maximum atomic E-state index is 12.1. The number of amides is 1. The van der Waals surface area contributed by atoms with Crippen molar-refractivity contribution in [2.75, 3.05) is 6.61 Å². The monoisotopic (exact) mass is 399 g/mol. The van der Waals surface area contributed by atoms with Gasteiger partial charge in [-0.1, -0.05) is 12.1 Å². The van der Waals surface area contributed by atoms with Crippen molar-refractivity contribution in [2.45, 2.75) is 13.5 Å². The molecular weight excluding hydrogens is 378 g/mol. The predicted molar refractivity (Wildman–Crippen MR) is 115 cm³/mol. The number of ether oxygens (including phenoxy) is 2. The number of nitrogens with one attached hydrogen (secondary N) is 1. The Morgan fingerprint density at radius 3 is 2.43 bits per heavy atom. The van der Waals surface area contributed by atoms with E-state index >= 15 is 0 Å². The minimum Gasteiger partial charge on any atom is -0.494 e. The van der Waals surface area contributed by atoms with Gasteiger partial charge in [-0.05, 0) is 78.7 Å². The minimum absolute atomic E-state index is 0.297. The molecule has 0 saturated heterocycles. The van der Waals surface area contributed by atoms with Crippen LogP contribution in [0.2, 0.25) is 0 Å². The van der Waals surface area contributed by atoms with Crippen molar-refractivity contribution in [3.8, 4) is 17.6 Å². The van der Waals surface area contributed by atoms with E-state index < -0.39 is 0 Å². The second-order valence-corrected chi connectivity index (χ2v) is 6.33. The van der Waals surface area contributed by atoms with Gasteiger partial charge < -0.3 is 9.47 Å². The molecule has 0 aliphatic heterocycles. The summed E-state index contributed by atoms with van der Waals surface area (Å²) in [7, 11) is 0. The van der Waals surface area contributed by atoms with Crippen LogP contribution in [0.15, 0.2) is 77.9 Å².